The molecule has 0 aliphatic heterocycles. The van der Waals surface area contributed by atoms with Gasteiger partial charge in [0.05, 0.1) is 0 Å². The van der Waals surface area contributed by atoms with Crippen LogP contribution in [0.15, 0.2) is 22.6 Å². The van der Waals surface area contributed by atoms with Crippen LogP contribution in [-0.4, -0.2) is 10.2 Å². The summed E-state index contributed by atoms with van der Waals surface area (Å²) in [6, 6.07) is 6.56. The van der Waals surface area contributed by atoms with Crippen molar-refractivity contribution < 1.29 is 4.42 Å². The molecule has 0 saturated heterocycles. The summed E-state index contributed by atoms with van der Waals surface area (Å²) in [5, 5.41) is 8.51. The molecule has 0 bridgehead atoms. The van der Waals surface area contributed by atoms with Gasteiger partial charge in [0.1, 0.15) is 0 Å². The second kappa shape index (κ2) is 5.53. The lowest BCUT2D eigenvalue weighted by Gasteiger charge is -2.23. The van der Waals surface area contributed by atoms with Crippen LogP contribution >= 0.6 is 0 Å². The van der Waals surface area contributed by atoms with Gasteiger partial charge in [-0.15, -0.1) is 10.2 Å². The molecule has 0 saturated carbocycles. The van der Waals surface area contributed by atoms with E-state index in [2.05, 4.69) is 83.8 Å². The Kier molecular flexibility index (Phi) is 4.20. The van der Waals surface area contributed by atoms with Crippen molar-refractivity contribution in [3.8, 4) is 11.5 Å². The van der Waals surface area contributed by atoms with Crippen LogP contribution in [0.3, 0.4) is 0 Å². The molecule has 0 spiro atoms. The number of aromatic nitrogens is 2. The van der Waals surface area contributed by atoms with Gasteiger partial charge in [-0.3, -0.25) is 0 Å². The molecule has 0 fully saturated rings. The fourth-order valence-electron chi connectivity index (χ4n) is 2.36. The molecule has 22 heavy (non-hydrogen) atoms. The quantitative estimate of drug-likeness (QED) is 0.739. The normalized spacial score (nSPS) is 13.0. The molecule has 2 aromatic rings. The third-order valence-corrected chi connectivity index (χ3v) is 3.82. The van der Waals surface area contributed by atoms with Gasteiger partial charge in [0.2, 0.25) is 11.8 Å². The predicted octanol–water partition coefficient (Wildman–Crippen LogP) is 5.46. The van der Waals surface area contributed by atoms with Crippen molar-refractivity contribution in [2.45, 2.75) is 72.1 Å². The molecule has 3 heteroatoms. The first-order chi connectivity index (χ1) is 10.00. The highest BCUT2D eigenvalue weighted by molar-refractivity contribution is 5.61. The van der Waals surface area contributed by atoms with Crippen molar-refractivity contribution in [1.29, 1.82) is 0 Å². The maximum absolute atomic E-state index is 5.95. The van der Waals surface area contributed by atoms with Gasteiger partial charge in [-0.1, -0.05) is 67.5 Å². The molecule has 3 nitrogen and oxygen atoms in total. The Bertz CT molecular complexity index is 655. The van der Waals surface area contributed by atoms with Crippen LogP contribution in [0.4, 0.5) is 0 Å². The van der Waals surface area contributed by atoms with Crippen molar-refractivity contribution in [1.82, 2.24) is 10.2 Å². The number of benzene rings is 1. The molecule has 120 valence electrons. The van der Waals surface area contributed by atoms with E-state index in [0.29, 0.717) is 17.7 Å². The Morgan fingerprint density at radius 1 is 0.909 bits per heavy atom. The molecule has 0 amide bonds. The summed E-state index contributed by atoms with van der Waals surface area (Å²) in [5.74, 6) is 1.79. The topological polar surface area (TPSA) is 38.9 Å². The predicted molar refractivity (Wildman–Crippen MR) is 91.2 cm³/mol. The van der Waals surface area contributed by atoms with Crippen molar-refractivity contribution in [2.24, 2.45) is 0 Å². The van der Waals surface area contributed by atoms with Gasteiger partial charge in [0.15, 0.2) is 0 Å². The van der Waals surface area contributed by atoms with Gasteiger partial charge in [-0.05, 0) is 28.5 Å². The lowest BCUT2D eigenvalue weighted by Crippen LogP contribution is -2.13. The highest BCUT2D eigenvalue weighted by atomic mass is 16.4. The van der Waals surface area contributed by atoms with Crippen LogP contribution < -0.4 is 0 Å². The van der Waals surface area contributed by atoms with Crippen LogP contribution in [-0.2, 0) is 10.8 Å². The molecule has 1 heterocycles. The summed E-state index contributed by atoms with van der Waals surface area (Å²) in [6.45, 7) is 17.3. The Labute approximate surface area is 134 Å². The Hall–Kier alpha value is -1.64. The van der Waals surface area contributed by atoms with E-state index in [-0.39, 0.29) is 10.8 Å². The van der Waals surface area contributed by atoms with Crippen LogP contribution in [0.5, 0.6) is 0 Å². The lowest BCUT2D eigenvalue weighted by molar-refractivity contribution is 0.398. The van der Waals surface area contributed by atoms with E-state index in [1.165, 1.54) is 11.1 Å². The number of hydrogen-bond acceptors (Lipinski definition) is 3. The molecule has 1 aromatic carbocycles. The van der Waals surface area contributed by atoms with Gasteiger partial charge in [0.25, 0.3) is 0 Å². The molecule has 0 radical (unpaired) electrons. The summed E-state index contributed by atoms with van der Waals surface area (Å²) in [5.41, 5.74) is 3.52. The Morgan fingerprint density at radius 3 is 2.00 bits per heavy atom. The number of hydrogen-bond donors (Lipinski definition) is 0. The second-order valence-corrected chi connectivity index (χ2v) is 8.37. The minimum absolute atomic E-state index is 0.0244. The second-order valence-electron chi connectivity index (χ2n) is 8.37. The largest absolute Gasteiger partial charge is 0.420 e. The standard InChI is InChI=1S/C19H28N2O/c1-12(2)13-9-10-14(15(11-13)18(3,4)5)16-20-21-17(22-16)19(6,7)8/h9-12H,1-8H3. The maximum atomic E-state index is 5.95. The summed E-state index contributed by atoms with van der Waals surface area (Å²) in [4.78, 5) is 0. The van der Waals surface area contributed by atoms with E-state index in [1.807, 2.05) is 0 Å². The Balaban J connectivity index is 2.57. The monoisotopic (exact) mass is 300 g/mol. The summed E-state index contributed by atoms with van der Waals surface area (Å²) in [6.07, 6.45) is 0. The minimum Gasteiger partial charge on any atom is -0.420 e. The van der Waals surface area contributed by atoms with Crippen molar-refractivity contribution in [3.63, 3.8) is 0 Å². The number of nitrogens with zero attached hydrogens (tertiary/aromatic N) is 2. The molecule has 0 aliphatic rings. The van der Waals surface area contributed by atoms with Crippen LogP contribution in [0.1, 0.15) is 78.3 Å². The lowest BCUT2D eigenvalue weighted by atomic mass is 9.81. The first-order valence-electron chi connectivity index (χ1n) is 7.99. The van der Waals surface area contributed by atoms with Crippen LogP contribution in [0.25, 0.3) is 11.5 Å². The van der Waals surface area contributed by atoms with E-state index in [1.54, 1.807) is 0 Å². The van der Waals surface area contributed by atoms with Gasteiger partial charge >= 0.3 is 0 Å². The molecule has 2 rings (SSSR count). The van der Waals surface area contributed by atoms with E-state index in [0.717, 1.165) is 5.56 Å². The first kappa shape index (κ1) is 16.7. The molecule has 0 aliphatic carbocycles. The molecular weight excluding hydrogens is 272 g/mol. The average Bonchev–Trinajstić information content (AvgIpc) is 2.86. The van der Waals surface area contributed by atoms with E-state index in [9.17, 15) is 0 Å². The Morgan fingerprint density at radius 2 is 1.55 bits per heavy atom. The zero-order chi connectivity index (χ0) is 16.7. The minimum atomic E-state index is -0.134. The molecule has 0 unspecified atom stereocenters. The fraction of sp³-hybridized carbons (Fsp3) is 0.579. The van der Waals surface area contributed by atoms with Gasteiger partial charge in [-0.2, -0.15) is 0 Å². The average molecular weight is 300 g/mol. The van der Waals surface area contributed by atoms with Gasteiger partial charge in [-0.25, -0.2) is 0 Å². The molecule has 0 atom stereocenters. The smallest absolute Gasteiger partial charge is 0.248 e. The third-order valence-electron chi connectivity index (χ3n) is 3.82. The first-order valence-corrected chi connectivity index (χ1v) is 7.99. The summed E-state index contributed by atoms with van der Waals surface area (Å²) < 4.78 is 5.95. The molecule has 0 N–H and O–H groups in total. The number of rotatable bonds is 2. The van der Waals surface area contributed by atoms with E-state index in [4.69, 9.17) is 4.42 Å². The molecule has 1 aromatic heterocycles. The van der Waals surface area contributed by atoms with Crippen molar-refractivity contribution >= 4 is 0 Å². The van der Waals surface area contributed by atoms with Crippen LogP contribution in [0.2, 0.25) is 0 Å². The fourth-order valence-corrected chi connectivity index (χ4v) is 2.36. The molecular formula is C19H28N2O. The SMILES string of the molecule is CC(C)c1ccc(-c2nnc(C(C)(C)C)o2)c(C(C)(C)C)c1. The maximum Gasteiger partial charge on any atom is 0.248 e. The van der Waals surface area contributed by atoms with E-state index >= 15 is 0 Å². The highest BCUT2D eigenvalue weighted by Crippen LogP contribution is 2.35. The summed E-state index contributed by atoms with van der Waals surface area (Å²) in [7, 11) is 0. The van der Waals surface area contributed by atoms with Gasteiger partial charge in [0, 0.05) is 11.0 Å². The van der Waals surface area contributed by atoms with E-state index < -0.39 is 0 Å². The van der Waals surface area contributed by atoms with Crippen molar-refractivity contribution in [3.05, 3.63) is 35.2 Å². The third kappa shape index (κ3) is 3.40. The summed E-state index contributed by atoms with van der Waals surface area (Å²) >= 11 is 0. The van der Waals surface area contributed by atoms with Crippen LogP contribution in [0, 0.1) is 0 Å². The zero-order valence-electron chi connectivity index (χ0n) is 15.1. The highest BCUT2D eigenvalue weighted by Gasteiger charge is 2.26. The van der Waals surface area contributed by atoms with Crippen molar-refractivity contribution in [2.75, 3.05) is 0 Å². The zero-order valence-corrected chi connectivity index (χ0v) is 15.1. The van der Waals surface area contributed by atoms with Gasteiger partial charge < -0.3 is 4.42 Å².